The second-order valence-corrected chi connectivity index (χ2v) is 4.44. The SMILES string of the molecule is O=C(O)C(=CN1CCCC2CC=CC=C21)C(=O)O. The average molecular weight is 249 g/mol. The van der Waals surface area contributed by atoms with Crippen LogP contribution in [0, 0.1) is 5.92 Å². The molecule has 96 valence electrons. The zero-order valence-electron chi connectivity index (χ0n) is 9.87. The molecular formula is C13H15NO4. The molecule has 18 heavy (non-hydrogen) atoms. The van der Waals surface area contributed by atoms with Crippen LogP contribution in [-0.4, -0.2) is 33.6 Å². The van der Waals surface area contributed by atoms with Crippen molar-refractivity contribution in [2.24, 2.45) is 5.92 Å². The maximum absolute atomic E-state index is 10.9. The average Bonchev–Trinajstić information content (AvgIpc) is 2.35. The van der Waals surface area contributed by atoms with Crippen molar-refractivity contribution in [1.29, 1.82) is 0 Å². The summed E-state index contributed by atoms with van der Waals surface area (Å²) in [5.41, 5.74) is 0.426. The minimum absolute atomic E-state index is 0.379. The van der Waals surface area contributed by atoms with Gasteiger partial charge in [-0.25, -0.2) is 9.59 Å². The number of piperidine rings is 1. The Bertz CT molecular complexity index is 446. The topological polar surface area (TPSA) is 77.8 Å². The maximum Gasteiger partial charge on any atom is 0.344 e. The first-order valence-corrected chi connectivity index (χ1v) is 5.91. The van der Waals surface area contributed by atoms with Crippen molar-refractivity contribution >= 4 is 11.9 Å². The molecule has 0 aromatic heterocycles. The van der Waals surface area contributed by atoms with Crippen LogP contribution in [0.25, 0.3) is 0 Å². The lowest BCUT2D eigenvalue weighted by Gasteiger charge is -2.36. The Kier molecular flexibility index (Phi) is 3.50. The van der Waals surface area contributed by atoms with E-state index in [0.29, 0.717) is 12.5 Å². The van der Waals surface area contributed by atoms with E-state index in [2.05, 4.69) is 6.08 Å². The molecule has 1 aliphatic carbocycles. The smallest absolute Gasteiger partial charge is 0.344 e. The molecule has 0 aromatic carbocycles. The Morgan fingerprint density at radius 2 is 2.06 bits per heavy atom. The van der Waals surface area contributed by atoms with Gasteiger partial charge in [0.15, 0.2) is 5.57 Å². The zero-order valence-corrected chi connectivity index (χ0v) is 9.87. The summed E-state index contributed by atoms with van der Waals surface area (Å²) >= 11 is 0. The molecule has 5 nitrogen and oxygen atoms in total. The first-order chi connectivity index (χ1) is 8.59. The third-order valence-corrected chi connectivity index (χ3v) is 3.27. The zero-order chi connectivity index (χ0) is 13.1. The van der Waals surface area contributed by atoms with Gasteiger partial charge in [-0.2, -0.15) is 0 Å². The Balaban J connectivity index is 2.28. The summed E-state index contributed by atoms with van der Waals surface area (Å²) in [4.78, 5) is 23.5. The highest BCUT2D eigenvalue weighted by Gasteiger charge is 2.26. The van der Waals surface area contributed by atoms with Crippen molar-refractivity contribution in [3.63, 3.8) is 0 Å². The molecule has 0 amide bonds. The fraction of sp³-hybridized carbons (Fsp3) is 0.385. The second-order valence-electron chi connectivity index (χ2n) is 4.44. The summed E-state index contributed by atoms with van der Waals surface area (Å²) in [6.07, 6.45) is 10.1. The highest BCUT2D eigenvalue weighted by molar-refractivity contribution is 6.12. The molecule has 1 heterocycles. The number of nitrogens with zero attached hydrogens (tertiary/aromatic N) is 1. The van der Waals surface area contributed by atoms with E-state index in [9.17, 15) is 9.59 Å². The summed E-state index contributed by atoms with van der Waals surface area (Å²) in [5.74, 6) is -2.43. The third kappa shape index (κ3) is 2.45. The van der Waals surface area contributed by atoms with Gasteiger partial charge in [0.25, 0.3) is 0 Å². The van der Waals surface area contributed by atoms with Gasteiger partial charge < -0.3 is 15.1 Å². The van der Waals surface area contributed by atoms with Crippen molar-refractivity contribution in [2.75, 3.05) is 6.54 Å². The van der Waals surface area contributed by atoms with E-state index < -0.39 is 17.5 Å². The standard InChI is InChI=1S/C13H15NO4/c15-12(16)10(13(17)18)8-14-7-3-5-9-4-1-2-6-11(9)14/h1-2,6,8-9H,3-5,7H2,(H,15,16)(H,17,18). The lowest BCUT2D eigenvalue weighted by Crippen LogP contribution is -2.31. The normalized spacial score (nSPS) is 21.9. The summed E-state index contributed by atoms with van der Waals surface area (Å²) < 4.78 is 0. The van der Waals surface area contributed by atoms with Gasteiger partial charge in [0.05, 0.1) is 0 Å². The van der Waals surface area contributed by atoms with Crippen LogP contribution in [0.2, 0.25) is 0 Å². The van der Waals surface area contributed by atoms with Crippen molar-refractivity contribution in [1.82, 2.24) is 4.90 Å². The molecule has 1 unspecified atom stereocenters. The number of allylic oxidation sites excluding steroid dienone is 4. The van der Waals surface area contributed by atoms with Crippen LogP contribution in [0.3, 0.4) is 0 Å². The molecule has 2 rings (SSSR count). The number of hydrogen-bond acceptors (Lipinski definition) is 3. The number of carbonyl (C=O) groups is 2. The van der Waals surface area contributed by atoms with E-state index in [1.807, 2.05) is 12.2 Å². The predicted molar refractivity (Wildman–Crippen MR) is 64.6 cm³/mol. The molecule has 2 aliphatic rings. The largest absolute Gasteiger partial charge is 0.477 e. The first kappa shape index (κ1) is 12.4. The number of carboxylic acids is 2. The van der Waals surface area contributed by atoms with Gasteiger partial charge in [-0.05, 0) is 25.3 Å². The van der Waals surface area contributed by atoms with E-state index in [1.54, 1.807) is 4.90 Å². The van der Waals surface area contributed by atoms with Crippen molar-refractivity contribution in [2.45, 2.75) is 19.3 Å². The van der Waals surface area contributed by atoms with Gasteiger partial charge in [-0.1, -0.05) is 12.2 Å². The van der Waals surface area contributed by atoms with Crippen molar-refractivity contribution < 1.29 is 19.8 Å². The molecule has 2 N–H and O–H groups in total. The molecule has 0 spiro atoms. The number of rotatable bonds is 3. The van der Waals surface area contributed by atoms with Crippen LogP contribution >= 0.6 is 0 Å². The monoisotopic (exact) mass is 249 g/mol. The number of fused-ring (bicyclic) bond motifs is 1. The molecule has 1 saturated heterocycles. The molecule has 0 saturated carbocycles. The van der Waals surface area contributed by atoms with E-state index in [-0.39, 0.29) is 0 Å². The Morgan fingerprint density at radius 3 is 2.72 bits per heavy atom. The van der Waals surface area contributed by atoms with Gasteiger partial charge in [0, 0.05) is 24.4 Å². The molecule has 0 radical (unpaired) electrons. The summed E-state index contributed by atoms with van der Waals surface area (Å²) in [5, 5.41) is 17.7. The molecule has 1 aliphatic heterocycles. The van der Waals surface area contributed by atoms with Crippen LogP contribution < -0.4 is 0 Å². The minimum Gasteiger partial charge on any atom is -0.477 e. The maximum atomic E-state index is 10.9. The number of carboxylic acid groups (broad SMARTS) is 2. The highest BCUT2D eigenvalue weighted by atomic mass is 16.4. The first-order valence-electron chi connectivity index (χ1n) is 5.91. The second kappa shape index (κ2) is 5.08. The quantitative estimate of drug-likeness (QED) is 0.451. The Labute approximate surface area is 105 Å². The summed E-state index contributed by atoms with van der Waals surface area (Å²) in [6.45, 7) is 0.667. The van der Waals surface area contributed by atoms with Crippen LogP contribution in [0.1, 0.15) is 19.3 Å². The van der Waals surface area contributed by atoms with Crippen LogP contribution in [-0.2, 0) is 9.59 Å². The summed E-state index contributed by atoms with van der Waals surface area (Å²) in [6, 6.07) is 0. The molecule has 0 aromatic rings. The predicted octanol–water partition coefficient (Wildman–Crippen LogP) is 1.60. The highest BCUT2D eigenvalue weighted by Crippen LogP contribution is 2.32. The van der Waals surface area contributed by atoms with E-state index in [0.717, 1.165) is 25.0 Å². The molecular weight excluding hydrogens is 234 g/mol. The van der Waals surface area contributed by atoms with Gasteiger partial charge in [-0.15, -0.1) is 0 Å². The Morgan fingerprint density at radius 1 is 1.33 bits per heavy atom. The summed E-state index contributed by atoms with van der Waals surface area (Å²) in [7, 11) is 0. The third-order valence-electron chi connectivity index (χ3n) is 3.27. The van der Waals surface area contributed by atoms with E-state index >= 15 is 0 Å². The van der Waals surface area contributed by atoms with Gasteiger partial charge in [-0.3, -0.25) is 0 Å². The molecule has 1 atom stereocenters. The van der Waals surface area contributed by atoms with E-state index in [4.69, 9.17) is 10.2 Å². The molecule has 0 bridgehead atoms. The van der Waals surface area contributed by atoms with Gasteiger partial charge in [0.1, 0.15) is 0 Å². The molecule has 1 fully saturated rings. The number of hydrogen-bond donors (Lipinski definition) is 2. The number of likely N-dealkylation sites (tertiary alicyclic amines) is 1. The fourth-order valence-electron chi connectivity index (χ4n) is 2.40. The lowest BCUT2D eigenvalue weighted by molar-refractivity contribution is -0.140. The molecule has 5 heteroatoms. The van der Waals surface area contributed by atoms with Crippen LogP contribution in [0.5, 0.6) is 0 Å². The van der Waals surface area contributed by atoms with Crippen LogP contribution in [0.15, 0.2) is 35.7 Å². The van der Waals surface area contributed by atoms with Gasteiger partial charge in [0.2, 0.25) is 0 Å². The Hall–Kier alpha value is -2.04. The van der Waals surface area contributed by atoms with Crippen LogP contribution in [0.4, 0.5) is 0 Å². The number of aliphatic carboxylic acids is 2. The van der Waals surface area contributed by atoms with Gasteiger partial charge >= 0.3 is 11.9 Å². The minimum atomic E-state index is -1.41. The van der Waals surface area contributed by atoms with Crippen molar-refractivity contribution in [3.05, 3.63) is 35.7 Å². The van der Waals surface area contributed by atoms with E-state index in [1.165, 1.54) is 6.20 Å². The lowest BCUT2D eigenvalue weighted by atomic mass is 9.88. The van der Waals surface area contributed by atoms with Crippen molar-refractivity contribution in [3.8, 4) is 0 Å². The fourth-order valence-corrected chi connectivity index (χ4v) is 2.40.